The summed E-state index contributed by atoms with van der Waals surface area (Å²) in [6, 6.07) is 1.15. The zero-order valence-electron chi connectivity index (χ0n) is 16.2. The summed E-state index contributed by atoms with van der Waals surface area (Å²) in [5.74, 6) is 1.47. The smallest absolute Gasteiger partial charge is 0.355 e. The fourth-order valence-electron chi connectivity index (χ4n) is 4.26. The molecule has 1 saturated heterocycles. The average Bonchev–Trinajstić information content (AvgIpc) is 2.65. The van der Waals surface area contributed by atoms with Crippen molar-refractivity contribution in [3.8, 4) is 0 Å². The molecular formula is C20H27ClF3N3O. The van der Waals surface area contributed by atoms with Crippen molar-refractivity contribution >= 4 is 23.3 Å². The molecule has 3 rings (SSSR count). The van der Waals surface area contributed by atoms with E-state index < -0.39 is 11.7 Å². The van der Waals surface area contributed by atoms with E-state index in [0.717, 1.165) is 25.1 Å². The molecule has 0 aromatic carbocycles. The van der Waals surface area contributed by atoms with Gasteiger partial charge in [0.2, 0.25) is 5.91 Å². The molecule has 3 atom stereocenters. The van der Waals surface area contributed by atoms with E-state index in [1.165, 1.54) is 6.42 Å². The first-order chi connectivity index (χ1) is 13.2. The summed E-state index contributed by atoms with van der Waals surface area (Å²) in [6.07, 6.45) is 1.02. The van der Waals surface area contributed by atoms with Gasteiger partial charge in [-0.2, -0.15) is 13.2 Å². The monoisotopic (exact) mass is 417 g/mol. The summed E-state index contributed by atoms with van der Waals surface area (Å²) in [4.78, 5) is 18.5. The van der Waals surface area contributed by atoms with Gasteiger partial charge in [-0.3, -0.25) is 4.79 Å². The molecular weight excluding hydrogens is 391 g/mol. The second-order valence-corrected chi connectivity index (χ2v) is 8.58. The number of hydrogen-bond donors (Lipinski definition) is 1. The van der Waals surface area contributed by atoms with Crippen molar-refractivity contribution < 1.29 is 18.0 Å². The van der Waals surface area contributed by atoms with Crippen molar-refractivity contribution in [1.82, 2.24) is 10.3 Å². The topological polar surface area (TPSA) is 45.2 Å². The minimum atomic E-state index is -4.46. The van der Waals surface area contributed by atoms with E-state index in [1.54, 1.807) is 0 Å². The van der Waals surface area contributed by atoms with Gasteiger partial charge in [-0.05, 0) is 37.2 Å². The third-order valence-electron chi connectivity index (χ3n) is 6.35. The van der Waals surface area contributed by atoms with Crippen molar-refractivity contribution in [2.24, 2.45) is 17.8 Å². The Hall–Kier alpha value is -1.50. The van der Waals surface area contributed by atoms with Crippen LogP contribution in [0.4, 0.5) is 19.0 Å². The molecule has 0 radical (unpaired) electrons. The molecule has 2 aliphatic rings. The fraction of sp³-hybridized carbons (Fsp3) is 0.700. The minimum absolute atomic E-state index is 0.0113. The average molecular weight is 418 g/mol. The third-order valence-corrected chi connectivity index (χ3v) is 6.63. The number of carbonyl (C=O) groups excluding carboxylic acids is 1. The number of nitrogens with one attached hydrogen (secondary N) is 1. The van der Waals surface area contributed by atoms with Gasteiger partial charge in [-0.1, -0.05) is 38.3 Å². The molecule has 1 N–H and O–H groups in total. The first-order valence-corrected chi connectivity index (χ1v) is 10.3. The molecule has 0 spiro atoms. The highest BCUT2D eigenvalue weighted by atomic mass is 35.5. The van der Waals surface area contributed by atoms with E-state index in [4.69, 9.17) is 11.6 Å². The van der Waals surface area contributed by atoms with Crippen LogP contribution in [0, 0.1) is 17.8 Å². The number of piperidine rings is 1. The number of halogens is 4. The predicted octanol–water partition coefficient (Wildman–Crippen LogP) is 4.91. The van der Waals surface area contributed by atoms with Crippen LogP contribution in [0.3, 0.4) is 0 Å². The first-order valence-electron chi connectivity index (χ1n) is 9.95. The number of alkyl halides is 3. The van der Waals surface area contributed by atoms with Gasteiger partial charge in [0.15, 0.2) is 0 Å². The lowest BCUT2D eigenvalue weighted by atomic mass is 9.78. The van der Waals surface area contributed by atoms with E-state index in [0.29, 0.717) is 43.6 Å². The second kappa shape index (κ2) is 8.47. The molecule has 8 heteroatoms. The minimum Gasteiger partial charge on any atom is -0.355 e. The molecule has 4 nitrogen and oxygen atoms in total. The molecule has 0 bridgehead atoms. The van der Waals surface area contributed by atoms with Crippen molar-refractivity contribution in [1.29, 1.82) is 0 Å². The maximum absolute atomic E-state index is 12.8. The van der Waals surface area contributed by atoms with Crippen LogP contribution in [0.25, 0.3) is 0 Å². The van der Waals surface area contributed by atoms with E-state index >= 15 is 0 Å². The van der Waals surface area contributed by atoms with Crippen LogP contribution < -0.4 is 10.2 Å². The molecule has 156 valence electrons. The maximum atomic E-state index is 12.8. The van der Waals surface area contributed by atoms with Crippen molar-refractivity contribution in [3.63, 3.8) is 0 Å². The third kappa shape index (κ3) is 4.73. The summed E-state index contributed by atoms with van der Waals surface area (Å²) < 4.78 is 38.3. The Kier molecular flexibility index (Phi) is 6.42. The van der Waals surface area contributed by atoms with Crippen molar-refractivity contribution in [3.05, 3.63) is 22.8 Å². The normalized spacial score (nSPS) is 26.9. The quantitative estimate of drug-likeness (QED) is 0.759. The van der Waals surface area contributed by atoms with Crippen LogP contribution in [0.2, 0.25) is 5.02 Å². The summed E-state index contributed by atoms with van der Waals surface area (Å²) in [6.45, 7) is 5.54. The molecule has 1 aromatic heterocycles. The van der Waals surface area contributed by atoms with Crippen LogP contribution in [-0.4, -0.2) is 30.0 Å². The summed E-state index contributed by atoms with van der Waals surface area (Å²) >= 11 is 6.04. The molecule has 1 saturated carbocycles. The van der Waals surface area contributed by atoms with Gasteiger partial charge in [0.1, 0.15) is 5.82 Å². The van der Waals surface area contributed by atoms with Gasteiger partial charge in [0, 0.05) is 31.2 Å². The summed E-state index contributed by atoms with van der Waals surface area (Å²) in [5, 5.41) is 3.22. The molecule has 1 aliphatic carbocycles. The highest BCUT2D eigenvalue weighted by molar-refractivity contribution is 6.33. The number of amides is 1. The van der Waals surface area contributed by atoms with Crippen LogP contribution in [0.1, 0.15) is 51.5 Å². The molecule has 2 heterocycles. The van der Waals surface area contributed by atoms with Gasteiger partial charge in [0.05, 0.1) is 10.6 Å². The zero-order valence-corrected chi connectivity index (χ0v) is 17.0. The Morgan fingerprint density at radius 2 is 1.89 bits per heavy atom. The highest BCUT2D eigenvalue weighted by Crippen LogP contribution is 2.35. The number of nitrogens with zero attached hydrogens (tertiary/aromatic N) is 2. The maximum Gasteiger partial charge on any atom is 0.417 e. The van der Waals surface area contributed by atoms with Crippen LogP contribution in [0.15, 0.2) is 12.3 Å². The van der Waals surface area contributed by atoms with Gasteiger partial charge in [-0.25, -0.2) is 4.98 Å². The number of aromatic nitrogens is 1. The number of rotatable bonds is 3. The molecule has 1 aromatic rings. The van der Waals surface area contributed by atoms with E-state index in [9.17, 15) is 18.0 Å². The lowest BCUT2D eigenvalue weighted by Crippen LogP contribution is -2.48. The number of hydrogen-bond acceptors (Lipinski definition) is 3. The predicted molar refractivity (Wildman–Crippen MR) is 103 cm³/mol. The Bertz CT molecular complexity index is 704. The van der Waals surface area contributed by atoms with E-state index in [2.05, 4.69) is 24.1 Å². The van der Waals surface area contributed by atoms with Crippen molar-refractivity contribution in [2.45, 2.75) is 58.2 Å². The van der Waals surface area contributed by atoms with E-state index in [1.807, 2.05) is 4.90 Å². The summed E-state index contributed by atoms with van der Waals surface area (Å²) in [7, 11) is 0. The highest BCUT2D eigenvalue weighted by Gasteiger charge is 2.34. The van der Waals surface area contributed by atoms with Gasteiger partial charge >= 0.3 is 6.18 Å². The molecule has 2 fully saturated rings. The standard InChI is InChI=1S/C20H27ClF3N3O/c1-12-4-3-5-17(13(12)2)26-19(28)14-6-8-27(9-7-14)18-16(21)10-15(11-25-18)20(22,23)24/h10-14,17H,3-9H2,1-2H3,(H,26,28). The fourth-order valence-corrected chi connectivity index (χ4v) is 4.54. The van der Waals surface area contributed by atoms with E-state index in [-0.39, 0.29) is 22.9 Å². The molecule has 1 aliphatic heterocycles. The zero-order chi connectivity index (χ0) is 20.5. The first kappa shape index (κ1) is 21.2. The van der Waals surface area contributed by atoms with Crippen LogP contribution in [-0.2, 0) is 11.0 Å². The molecule has 1 amide bonds. The van der Waals surface area contributed by atoms with Gasteiger partial charge in [0.25, 0.3) is 0 Å². The Morgan fingerprint density at radius 3 is 2.50 bits per heavy atom. The lowest BCUT2D eigenvalue weighted by Gasteiger charge is -2.37. The Labute approximate surface area is 168 Å². The lowest BCUT2D eigenvalue weighted by molar-refractivity contribution is -0.137. The second-order valence-electron chi connectivity index (χ2n) is 8.17. The SMILES string of the molecule is CC1CCCC(NC(=O)C2CCN(c3ncc(C(F)(F)F)cc3Cl)CC2)C1C. The van der Waals surface area contributed by atoms with Crippen LogP contribution >= 0.6 is 11.6 Å². The van der Waals surface area contributed by atoms with Gasteiger partial charge < -0.3 is 10.2 Å². The molecule has 3 unspecified atom stereocenters. The number of carbonyl (C=O) groups is 1. The van der Waals surface area contributed by atoms with Gasteiger partial charge in [-0.15, -0.1) is 0 Å². The van der Waals surface area contributed by atoms with Crippen molar-refractivity contribution in [2.75, 3.05) is 18.0 Å². The van der Waals surface area contributed by atoms with Crippen LogP contribution in [0.5, 0.6) is 0 Å². The largest absolute Gasteiger partial charge is 0.417 e. The Morgan fingerprint density at radius 1 is 1.21 bits per heavy atom. The summed E-state index contributed by atoms with van der Waals surface area (Å²) in [5.41, 5.74) is -0.855. The molecule has 28 heavy (non-hydrogen) atoms. The Balaban J connectivity index is 1.56. The number of pyridine rings is 1. The number of anilines is 1.